The van der Waals surface area contributed by atoms with E-state index in [1.165, 1.54) is 11.8 Å². The van der Waals surface area contributed by atoms with E-state index in [0.717, 1.165) is 25.5 Å². The first kappa shape index (κ1) is 39.6. The molecule has 0 aromatic heterocycles. The molecule has 1 saturated heterocycles. The lowest BCUT2D eigenvalue weighted by atomic mass is 9.81. The molecule has 282 valence electrons. The minimum Gasteiger partial charge on any atom is -0.347 e. The molecule has 0 aromatic rings. The molecule has 1 heterocycles. The van der Waals surface area contributed by atoms with Gasteiger partial charge in [-0.05, 0) is 69.1 Å². The van der Waals surface area contributed by atoms with Crippen molar-refractivity contribution in [2.24, 2.45) is 17.3 Å². The second-order valence-electron chi connectivity index (χ2n) is 15.5. The first-order valence-electron chi connectivity index (χ1n) is 17.6. The maximum atomic E-state index is 14.5. The predicted octanol–water partition coefficient (Wildman–Crippen LogP) is 0.887. The van der Waals surface area contributed by atoms with Crippen LogP contribution in [0.4, 0.5) is 8.78 Å². The summed E-state index contributed by atoms with van der Waals surface area (Å²) in [6.07, 6.45) is 3.74. The number of piperidine rings is 1. The van der Waals surface area contributed by atoms with Crippen molar-refractivity contribution in [3.63, 3.8) is 0 Å². The first-order valence-corrected chi connectivity index (χ1v) is 19.5. The van der Waals surface area contributed by atoms with Crippen LogP contribution < -0.4 is 26.0 Å². The molecule has 4 rings (SSSR count). The first-order chi connectivity index (χ1) is 23.3. The number of ketones is 1. The maximum Gasteiger partial charge on any atom is 0.289 e. The van der Waals surface area contributed by atoms with Gasteiger partial charge in [0.2, 0.25) is 45.9 Å². The lowest BCUT2D eigenvalue weighted by Gasteiger charge is -2.41. The Hall–Kier alpha value is -3.21. The molecule has 1 aliphatic heterocycles. The number of amides is 5. The SMILES string of the molecule is CC(NS(C)(=O)=O)C(=O)NC(C(=O)NC(C(=O)N1C2CCC(C2)C1C(=O)NC(CC(F)F)C(=O)C(=O)NC1CC1)C(C)(C)C)C1CCCCC1. The Morgan fingerprint density at radius 3 is 2.06 bits per heavy atom. The Labute approximate surface area is 292 Å². The predicted molar refractivity (Wildman–Crippen MR) is 178 cm³/mol. The molecule has 0 aromatic carbocycles. The number of hydrogen-bond acceptors (Lipinski definition) is 8. The molecule has 17 heteroatoms. The zero-order valence-electron chi connectivity index (χ0n) is 29.4. The lowest BCUT2D eigenvalue weighted by molar-refractivity contribution is -0.149. The summed E-state index contributed by atoms with van der Waals surface area (Å²) in [6, 6.07) is -6.87. The minimum absolute atomic E-state index is 0.198. The molecule has 7 unspecified atom stereocenters. The highest BCUT2D eigenvalue weighted by Crippen LogP contribution is 2.44. The van der Waals surface area contributed by atoms with Gasteiger partial charge in [0.1, 0.15) is 24.2 Å². The number of alkyl halides is 2. The second-order valence-corrected chi connectivity index (χ2v) is 17.3. The normalized spacial score (nSPS) is 25.0. The van der Waals surface area contributed by atoms with E-state index in [1.807, 2.05) is 0 Å². The summed E-state index contributed by atoms with van der Waals surface area (Å²) < 4.78 is 52.8. The quantitative estimate of drug-likeness (QED) is 0.153. The van der Waals surface area contributed by atoms with Crippen molar-refractivity contribution in [1.29, 1.82) is 0 Å². The number of nitrogens with one attached hydrogen (secondary N) is 5. The van der Waals surface area contributed by atoms with Crippen molar-refractivity contribution in [3.05, 3.63) is 0 Å². The van der Waals surface area contributed by atoms with E-state index in [1.54, 1.807) is 20.8 Å². The van der Waals surface area contributed by atoms with E-state index in [9.17, 15) is 46.0 Å². The van der Waals surface area contributed by atoms with Gasteiger partial charge < -0.3 is 26.2 Å². The third kappa shape index (κ3) is 10.2. The average molecular weight is 731 g/mol. The molecule has 4 aliphatic rings. The molecule has 4 fully saturated rings. The van der Waals surface area contributed by atoms with Crippen molar-refractivity contribution in [2.45, 2.75) is 147 Å². The van der Waals surface area contributed by atoms with Crippen molar-refractivity contribution in [3.8, 4) is 0 Å². The van der Waals surface area contributed by atoms with Crippen LogP contribution in [-0.4, -0.2) is 104 Å². The Balaban J connectivity index is 1.55. The van der Waals surface area contributed by atoms with Gasteiger partial charge in [0, 0.05) is 18.5 Å². The third-order valence-electron chi connectivity index (χ3n) is 10.2. The lowest BCUT2D eigenvalue weighted by Crippen LogP contribution is -2.64. The van der Waals surface area contributed by atoms with Crippen molar-refractivity contribution in [1.82, 2.24) is 30.9 Å². The smallest absolute Gasteiger partial charge is 0.289 e. The second kappa shape index (κ2) is 16.0. The van der Waals surface area contributed by atoms with E-state index in [0.29, 0.717) is 44.9 Å². The molecule has 2 bridgehead atoms. The number of nitrogens with zero attached hydrogens (tertiary/aromatic N) is 1. The summed E-state index contributed by atoms with van der Waals surface area (Å²) in [6.45, 7) is 6.57. The summed E-state index contributed by atoms with van der Waals surface area (Å²) in [7, 11) is -3.72. The average Bonchev–Trinajstić information content (AvgIpc) is 3.59. The summed E-state index contributed by atoms with van der Waals surface area (Å²) in [5.74, 6) is -5.52. The van der Waals surface area contributed by atoms with Crippen LogP contribution in [0.5, 0.6) is 0 Å². The van der Waals surface area contributed by atoms with Crippen molar-refractivity contribution >= 4 is 45.3 Å². The molecule has 14 nitrogen and oxygen atoms in total. The highest BCUT2D eigenvalue weighted by molar-refractivity contribution is 7.88. The van der Waals surface area contributed by atoms with Gasteiger partial charge in [-0.3, -0.25) is 28.8 Å². The van der Waals surface area contributed by atoms with Crippen molar-refractivity contribution < 1.29 is 46.0 Å². The molecular formula is C33H52F2N6O8S. The van der Waals surface area contributed by atoms with Crippen LogP contribution in [0.1, 0.15) is 98.3 Å². The molecule has 5 amide bonds. The number of Topliss-reactive ketones (excluding diaryl/α,β-unsaturated/α-hetero) is 1. The summed E-state index contributed by atoms with van der Waals surface area (Å²) in [5, 5.41) is 10.4. The Kier molecular flexibility index (Phi) is 12.7. The largest absolute Gasteiger partial charge is 0.347 e. The topological polar surface area (TPSA) is 200 Å². The minimum atomic E-state index is -3.72. The van der Waals surface area contributed by atoms with Gasteiger partial charge >= 0.3 is 0 Å². The van der Waals surface area contributed by atoms with Crippen LogP contribution in [0, 0.1) is 17.3 Å². The van der Waals surface area contributed by atoms with Gasteiger partial charge in [-0.2, -0.15) is 0 Å². The molecule has 50 heavy (non-hydrogen) atoms. The van der Waals surface area contributed by atoms with Crippen LogP contribution in [0.25, 0.3) is 0 Å². The molecule has 3 aliphatic carbocycles. The van der Waals surface area contributed by atoms with Crippen molar-refractivity contribution in [2.75, 3.05) is 6.26 Å². The summed E-state index contributed by atoms with van der Waals surface area (Å²) >= 11 is 0. The molecule has 0 spiro atoms. The van der Waals surface area contributed by atoms with Crippen LogP contribution in [0.2, 0.25) is 0 Å². The number of carbonyl (C=O) groups is 6. The maximum absolute atomic E-state index is 14.5. The van der Waals surface area contributed by atoms with Gasteiger partial charge in [-0.25, -0.2) is 21.9 Å². The molecule has 7 atom stereocenters. The zero-order valence-corrected chi connectivity index (χ0v) is 30.2. The number of sulfonamides is 1. The fraction of sp³-hybridized carbons (Fsp3) is 0.818. The van der Waals surface area contributed by atoms with Crippen LogP contribution in [0.3, 0.4) is 0 Å². The Bertz CT molecular complexity index is 1430. The van der Waals surface area contributed by atoms with Gasteiger partial charge in [-0.1, -0.05) is 40.0 Å². The number of hydrogen-bond donors (Lipinski definition) is 5. The number of carbonyl (C=O) groups excluding carboxylic acids is 6. The van der Waals surface area contributed by atoms with E-state index >= 15 is 0 Å². The zero-order chi connectivity index (χ0) is 37.1. The van der Waals surface area contributed by atoms with Gasteiger partial charge in [0.25, 0.3) is 5.91 Å². The fourth-order valence-electron chi connectivity index (χ4n) is 7.50. The number of rotatable bonds is 15. The van der Waals surface area contributed by atoms with Gasteiger partial charge in [-0.15, -0.1) is 0 Å². The van der Waals surface area contributed by atoms with E-state index in [-0.39, 0.29) is 23.9 Å². The molecule has 5 N–H and O–H groups in total. The van der Waals surface area contributed by atoms with E-state index in [2.05, 4.69) is 26.0 Å². The summed E-state index contributed by atoms with van der Waals surface area (Å²) in [5.41, 5.74) is -0.892. The fourth-order valence-corrected chi connectivity index (χ4v) is 8.25. The monoisotopic (exact) mass is 730 g/mol. The van der Waals surface area contributed by atoms with E-state index < -0.39 is 93.8 Å². The number of halogens is 2. The van der Waals surface area contributed by atoms with E-state index in [4.69, 9.17) is 0 Å². The number of likely N-dealkylation sites (tertiary alicyclic amines) is 1. The van der Waals surface area contributed by atoms with Crippen LogP contribution in [0.15, 0.2) is 0 Å². The highest BCUT2D eigenvalue weighted by atomic mass is 32.2. The molecular weight excluding hydrogens is 678 g/mol. The van der Waals surface area contributed by atoms with Gasteiger partial charge in [0.15, 0.2) is 0 Å². The number of fused-ring (bicyclic) bond motifs is 2. The Morgan fingerprint density at radius 1 is 0.860 bits per heavy atom. The van der Waals surface area contributed by atoms with Crippen LogP contribution in [-0.2, 0) is 38.8 Å². The highest BCUT2D eigenvalue weighted by Gasteiger charge is 2.54. The Morgan fingerprint density at radius 2 is 1.50 bits per heavy atom. The van der Waals surface area contributed by atoms with Crippen LogP contribution >= 0.6 is 0 Å². The standard InChI is InChI=1S/C33H52F2N6O8S/c1-17(40-50(5,48)49)28(43)38-24(18-9-7-6-8-10-18)29(44)39-27(33(2,3)4)32(47)41-21-14-11-19(15-21)25(41)30(45)37-22(16-23(34)35)26(42)31(46)36-20-12-13-20/h17-25,27,40H,6-16H2,1-5H3,(H,36,46)(H,37,45)(H,38,43)(H,39,44). The molecule has 0 radical (unpaired) electrons. The van der Waals surface area contributed by atoms with Gasteiger partial charge in [0.05, 0.1) is 12.3 Å². The molecule has 3 saturated carbocycles. The summed E-state index contributed by atoms with van der Waals surface area (Å²) in [4.78, 5) is 82.1. The third-order valence-corrected chi connectivity index (χ3v) is 11.0.